The van der Waals surface area contributed by atoms with Crippen LogP contribution in [0.15, 0.2) is 18.2 Å². The predicted octanol–water partition coefficient (Wildman–Crippen LogP) is 2.85. The highest BCUT2D eigenvalue weighted by Crippen LogP contribution is 2.36. The summed E-state index contributed by atoms with van der Waals surface area (Å²) in [4.78, 5) is 26.2. The third-order valence-electron chi connectivity index (χ3n) is 4.30. The molecule has 1 aromatic heterocycles. The molecule has 0 unspecified atom stereocenters. The molecule has 24 heavy (non-hydrogen) atoms. The van der Waals surface area contributed by atoms with Crippen molar-refractivity contribution in [3.05, 3.63) is 46.3 Å². The smallest absolute Gasteiger partial charge is 0.303 e. The summed E-state index contributed by atoms with van der Waals surface area (Å²) < 4.78 is 0. The summed E-state index contributed by atoms with van der Waals surface area (Å²) in [7, 11) is 0. The summed E-state index contributed by atoms with van der Waals surface area (Å²) in [6, 6.07) is 4.74. The van der Waals surface area contributed by atoms with E-state index in [-0.39, 0.29) is 18.1 Å². The minimum atomic E-state index is -0.838. The number of phenolic OH excluding ortho intramolecular Hbond substituents is 1. The number of phenols is 1. The van der Waals surface area contributed by atoms with Gasteiger partial charge in [-0.15, -0.1) is 0 Å². The average molecular weight is 326 g/mol. The van der Waals surface area contributed by atoms with Crippen molar-refractivity contribution in [2.45, 2.75) is 26.7 Å². The molecule has 2 aromatic rings. The molecule has 0 radical (unpaired) electrons. The predicted molar refractivity (Wildman–Crippen MR) is 90.8 cm³/mol. The highest BCUT2D eigenvalue weighted by molar-refractivity contribution is 6.35. The molecule has 0 spiro atoms. The molecule has 6 heteroatoms. The van der Waals surface area contributed by atoms with E-state index in [1.165, 1.54) is 6.07 Å². The van der Waals surface area contributed by atoms with Gasteiger partial charge in [0.05, 0.1) is 5.57 Å². The number of carboxylic acid groups (broad SMARTS) is 1. The number of aromatic hydroxyl groups is 1. The molecule has 124 valence electrons. The Balaban J connectivity index is 2.01. The number of fused-ring (bicyclic) bond motifs is 1. The lowest BCUT2D eigenvalue weighted by atomic mass is 10.0. The Morgan fingerprint density at radius 3 is 2.75 bits per heavy atom. The van der Waals surface area contributed by atoms with Crippen molar-refractivity contribution in [2.75, 3.05) is 5.32 Å². The van der Waals surface area contributed by atoms with Gasteiger partial charge in [0.2, 0.25) is 0 Å². The third-order valence-corrected chi connectivity index (χ3v) is 4.30. The minimum absolute atomic E-state index is 0.0622. The second-order valence-corrected chi connectivity index (χ2v) is 5.90. The van der Waals surface area contributed by atoms with E-state index in [1.807, 2.05) is 13.8 Å². The van der Waals surface area contributed by atoms with Crippen LogP contribution in [0.2, 0.25) is 0 Å². The number of amides is 1. The topological polar surface area (TPSA) is 102 Å². The number of benzene rings is 1. The molecule has 0 saturated heterocycles. The van der Waals surface area contributed by atoms with Crippen LogP contribution in [-0.4, -0.2) is 27.1 Å². The summed E-state index contributed by atoms with van der Waals surface area (Å²) >= 11 is 0. The molecule has 0 atom stereocenters. The van der Waals surface area contributed by atoms with Gasteiger partial charge in [0, 0.05) is 29.1 Å². The number of H-pyrrole nitrogens is 1. The Hall–Kier alpha value is -3.02. The van der Waals surface area contributed by atoms with Crippen LogP contribution < -0.4 is 5.32 Å². The van der Waals surface area contributed by atoms with Crippen molar-refractivity contribution in [3.8, 4) is 5.75 Å². The number of aliphatic carboxylic acids is 1. The van der Waals surface area contributed by atoms with Crippen LogP contribution in [0, 0.1) is 13.8 Å². The molecule has 0 bridgehead atoms. The number of rotatable bonds is 4. The lowest BCUT2D eigenvalue weighted by Crippen LogP contribution is -2.03. The number of carbonyl (C=O) groups excluding carboxylic acids is 1. The molecule has 1 amide bonds. The van der Waals surface area contributed by atoms with E-state index in [9.17, 15) is 14.7 Å². The van der Waals surface area contributed by atoms with E-state index < -0.39 is 5.97 Å². The maximum Gasteiger partial charge on any atom is 0.303 e. The number of nitrogens with one attached hydrogen (secondary N) is 2. The van der Waals surface area contributed by atoms with E-state index in [1.54, 1.807) is 18.2 Å². The first-order valence-electron chi connectivity index (χ1n) is 7.63. The largest absolute Gasteiger partial charge is 0.508 e. The number of carbonyl (C=O) groups is 2. The molecule has 1 aliphatic rings. The fourth-order valence-electron chi connectivity index (χ4n) is 3.03. The summed E-state index contributed by atoms with van der Waals surface area (Å²) in [6.45, 7) is 3.80. The van der Waals surface area contributed by atoms with Gasteiger partial charge in [0.25, 0.3) is 5.91 Å². The van der Waals surface area contributed by atoms with Gasteiger partial charge >= 0.3 is 5.97 Å². The molecule has 4 N–H and O–H groups in total. The molecule has 2 heterocycles. The van der Waals surface area contributed by atoms with Crippen molar-refractivity contribution in [3.63, 3.8) is 0 Å². The number of hydrogen-bond acceptors (Lipinski definition) is 3. The maximum atomic E-state index is 12.2. The molecule has 3 rings (SSSR count). The van der Waals surface area contributed by atoms with Crippen LogP contribution in [0.1, 0.15) is 34.5 Å². The molecule has 0 saturated carbocycles. The SMILES string of the molecule is Cc1[nH]c(/C=C2/C(=O)Nc3ccc(O)cc32)c(C)c1CCC(=O)O. The summed E-state index contributed by atoms with van der Waals surface area (Å²) in [6.07, 6.45) is 2.25. The number of aromatic nitrogens is 1. The number of hydrogen-bond donors (Lipinski definition) is 4. The van der Waals surface area contributed by atoms with Crippen LogP contribution >= 0.6 is 0 Å². The summed E-state index contributed by atoms with van der Waals surface area (Å²) in [5, 5.41) is 21.3. The van der Waals surface area contributed by atoms with Crippen molar-refractivity contribution in [1.29, 1.82) is 0 Å². The molecule has 1 aliphatic heterocycles. The standard InChI is InChI=1S/C18H18N2O4/c1-9-12(4-6-17(22)23)10(2)19-16(9)8-14-13-7-11(21)3-5-15(13)20-18(14)24/h3,5,7-8,19,21H,4,6H2,1-2H3,(H,20,24)(H,22,23)/b14-8+. The van der Waals surface area contributed by atoms with E-state index in [0.717, 1.165) is 22.5 Å². The molecule has 0 fully saturated rings. The normalized spacial score (nSPS) is 14.8. The van der Waals surface area contributed by atoms with Gasteiger partial charge in [-0.2, -0.15) is 0 Å². The van der Waals surface area contributed by atoms with Gasteiger partial charge in [-0.3, -0.25) is 9.59 Å². The minimum Gasteiger partial charge on any atom is -0.508 e. The fourth-order valence-corrected chi connectivity index (χ4v) is 3.03. The lowest BCUT2D eigenvalue weighted by molar-refractivity contribution is -0.137. The maximum absolute atomic E-state index is 12.2. The summed E-state index contributed by atoms with van der Waals surface area (Å²) in [5.74, 6) is -0.971. The molecule has 6 nitrogen and oxygen atoms in total. The average Bonchev–Trinajstić information content (AvgIpc) is 2.95. The van der Waals surface area contributed by atoms with Crippen LogP contribution in [-0.2, 0) is 16.0 Å². The quantitative estimate of drug-likeness (QED) is 0.512. The second-order valence-electron chi connectivity index (χ2n) is 5.90. The molecular weight excluding hydrogens is 308 g/mol. The number of carboxylic acids is 1. The van der Waals surface area contributed by atoms with Crippen LogP contribution in [0.3, 0.4) is 0 Å². The fraction of sp³-hybridized carbons (Fsp3) is 0.222. The van der Waals surface area contributed by atoms with Gasteiger partial charge in [-0.25, -0.2) is 0 Å². The number of anilines is 1. The van der Waals surface area contributed by atoms with Crippen LogP contribution in [0.25, 0.3) is 11.6 Å². The number of aromatic amines is 1. The van der Waals surface area contributed by atoms with E-state index in [0.29, 0.717) is 23.2 Å². The first-order valence-corrected chi connectivity index (χ1v) is 7.63. The summed E-state index contributed by atoms with van der Waals surface area (Å²) in [5.41, 5.74) is 5.34. The highest BCUT2D eigenvalue weighted by Gasteiger charge is 2.25. The number of aryl methyl sites for hydroxylation is 1. The zero-order valence-corrected chi connectivity index (χ0v) is 13.4. The van der Waals surface area contributed by atoms with Gasteiger partial charge in [0.1, 0.15) is 5.75 Å². The second kappa shape index (κ2) is 5.88. The van der Waals surface area contributed by atoms with Gasteiger partial charge < -0.3 is 20.5 Å². The van der Waals surface area contributed by atoms with E-state index >= 15 is 0 Å². The first kappa shape index (κ1) is 15.9. The molecule has 0 aliphatic carbocycles. The Morgan fingerprint density at radius 1 is 1.29 bits per heavy atom. The van der Waals surface area contributed by atoms with Gasteiger partial charge in [0.15, 0.2) is 0 Å². The third kappa shape index (κ3) is 2.78. The van der Waals surface area contributed by atoms with Crippen molar-refractivity contribution in [2.24, 2.45) is 0 Å². The van der Waals surface area contributed by atoms with Crippen LogP contribution in [0.5, 0.6) is 5.75 Å². The van der Waals surface area contributed by atoms with Crippen molar-refractivity contribution < 1.29 is 19.8 Å². The van der Waals surface area contributed by atoms with E-state index in [2.05, 4.69) is 10.3 Å². The van der Waals surface area contributed by atoms with Crippen molar-refractivity contribution in [1.82, 2.24) is 4.98 Å². The molecular formula is C18H18N2O4. The van der Waals surface area contributed by atoms with Gasteiger partial charge in [-0.05, 0) is 55.7 Å². The first-order chi connectivity index (χ1) is 11.4. The Morgan fingerprint density at radius 2 is 2.04 bits per heavy atom. The monoisotopic (exact) mass is 326 g/mol. The van der Waals surface area contributed by atoms with Gasteiger partial charge in [-0.1, -0.05) is 0 Å². The Labute approximate surface area is 138 Å². The zero-order valence-electron chi connectivity index (χ0n) is 13.4. The zero-order chi connectivity index (χ0) is 17.4. The van der Waals surface area contributed by atoms with E-state index in [4.69, 9.17) is 5.11 Å². The Kier molecular flexibility index (Phi) is 3.89. The van der Waals surface area contributed by atoms with Crippen molar-refractivity contribution >= 4 is 29.2 Å². The van der Waals surface area contributed by atoms with Crippen LogP contribution in [0.4, 0.5) is 5.69 Å². The molecule has 1 aromatic carbocycles. The highest BCUT2D eigenvalue weighted by atomic mass is 16.4. The lowest BCUT2D eigenvalue weighted by Gasteiger charge is -2.01. The Bertz CT molecular complexity index is 877.